The Kier molecular flexibility index (Phi) is 6.36. The Morgan fingerprint density at radius 3 is 2.93 bits per heavy atom. The van der Waals surface area contributed by atoms with E-state index in [4.69, 9.17) is 4.74 Å². The molecule has 1 aromatic heterocycles. The molecule has 3 aromatic rings. The third-order valence-corrected chi connectivity index (χ3v) is 4.84. The number of hydrogen-bond donors (Lipinski definition) is 1. The summed E-state index contributed by atoms with van der Waals surface area (Å²) in [4.78, 5) is 16.4. The van der Waals surface area contributed by atoms with E-state index in [-0.39, 0.29) is 5.69 Å². The van der Waals surface area contributed by atoms with Gasteiger partial charge in [-0.15, -0.1) is 11.3 Å². The normalized spacial score (nSPS) is 10.9. The van der Waals surface area contributed by atoms with Crippen LogP contribution in [0.5, 0.6) is 5.75 Å². The SMILES string of the molecule is Cc1nc(COc2cccc(C=CC(=O)Nc3ccc(Br)cc3F)c2)cs1. The maximum Gasteiger partial charge on any atom is 0.248 e. The molecule has 1 heterocycles. The average molecular weight is 447 g/mol. The molecule has 7 heteroatoms. The van der Waals surface area contributed by atoms with E-state index >= 15 is 0 Å². The Balaban J connectivity index is 1.60. The van der Waals surface area contributed by atoms with Crippen molar-refractivity contribution in [3.63, 3.8) is 0 Å². The highest BCUT2D eigenvalue weighted by Crippen LogP contribution is 2.20. The maximum atomic E-state index is 13.8. The van der Waals surface area contributed by atoms with Crippen LogP contribution < -0.4 is 10.1 Å². The molecule has 0 radical (unpaired) electrons. The molecule has 2 aromatic carbocycles. The summed E-state index contributed by atoms with van der Waals surface area (Å²) in [7, 11) is 0. The number of aromatic nitrogens is 1. The van der Waals surface area contributed by atoms with Crippen molar-refractivity contribution in [1.29, 1.82) is 0 Å². The van der Waals surface area contributed by atoms with Crippen LogP contribution in [0.2, 0.25) is 0 Å². The first-order valence-corrected chi connectivity index (χ1v) is 9.75. The second kappa shape index (κ2) is 8.92. The van der Waals surface area contributed by atoms with E-state index in [9.17, 15) is 9.18 Å². The van der Waals surface area contributed by atoms with Gasteiger partial charge in [0.15, 0.2) is 0 Å². The summed E-state index contributed by atoms with van der Waals surface area (Å²) < 4.78 is 20.1. The van der Waals surface area contributed by atoms with Crippen LogP contribution in [0.15, 0.2) is 58.4 Å². The minimum atomic E-state index is -0.501. The van der Waals surface area contributed by atoms with Gasteiger partial charge in [0.2, 0.25) is 5.91 Å². The summed E-state index contributed by atoms with van der Waals surface area (Å²) >= 11 is 4.76. The highest BCUT2D eigenvalue weighted by atomic mass is 79.9. The van der Waals surface area contributed by atoms with Gasteiger partial charge in [0.25, 0.3) is 0 Å². The van der Waals surface area contributed by atoms with Crippen LogP contribution in [0.1, 0.15) is 16.3 Å². The molecule has 1 N–H and O–H groups in total. The van der Waals surface area contributed by atoms with Crippen LogP contribution in [0.25, 0.3) is 6.08 Å². The molecule has 0 unspecified atom stereocenters. The summed E-state index contributed by atoms with van der Waals surface area (Å²) in [6.07, 6.45) is 3.00. The summed E-state index contributed by atoms with van der Waals surface area (Å²) in [5, 5.41) is 5.47. The van der Waals surface area contributed by atoms with Crippen molar-refractivity contribution in [3.05, 3.63) is 80.5 Å². The number of carbonyl (C=O) groups is 1. The smallest absolute Gasteiger partial charge is 0.248 e. The van der Waals surface area contributed by atoms with Gasteiger partial charge in [0, 0.05) is 15.9 Å². The largest absolute Gasteiger partial charge is 0.487 e. The number of carbonyl (C=O) groups excluding carboxylic acids is 1. The van der Waals surface area contributed by atoms with Crippen LogP contribution in [0.3, 0.4) is 0 Å². The van der Waals surface area contributed by atoms with E-state index in [1.54, 1.807) is 23.5 Å². The van der Waals surface area contributed by atoms with Crippen molar-refractivity contribution in [2.75, 3.05) is 5.32 Å². The molecular formula is C20H16BrFN2O2S. The number of rotatable bonds is 6. The maximum absolute atomic E-state index is 13.8. The van der Waals surface area contributed by atoms with E-state index in [1.165, 1.54) is 18.2 Å². The van der Waals surface area contributed by atoms with Crippen LogP contribution in [-0.4, -0.2) is 10.9 Å². The van der Waals surface area contributed by atoms with E-state index < -0.39 is 11.7 Å². The Bertz CT molecular complexity index is 988. The lowest BCUT2D eigenvalue weighted by Crippen LogP contribution is -2.09. The molecule has 1 amide bonds. The molecule has 0 saturated carbocycles. The highest BCUT2D eigenvalue weighted by molar-refractivity contribution is 9.10. The molecule has 0 aliphatic rings. The summed E-state index contributed by atoms with van der Waals surface area (Å²) in [5.74, 6) is -0.235. The van der Waals surface area contributed by atoms with E-state index in [0.717, 1.165) is 16.3 Å². The monoisotopic (exact) mass is 446 g/mol. The van der Waals surface area contributed by atoms with Crippen LogP contribution in [0, 0.1) is 12.7 Å². The number of hydrogen-bond acceptors (Lipinski definition) is 4. The van der Waals surface area contributed by atoms with Gasteiger partial charge in [-0.05, 0) is 48.9 Å². The predicted octanol–water partition coefficient (Wildman–Crippen LogP) is 5.58. The number of nitrogens with one attached hydrogen (secondary N) is 1. The van der Waals surface area contributed by atoms with Crippen molar-refractivity contribution >= 4 is 44.9 Å². The van der Waals surface area contributed by atoms with Crippen molar-refractivity contribution in [2.24, 2.45) is 0 Å². The zero-order valence-electron chi connectivity index (χ0n) is 14.4. The molecule has 0 fully saturated rings. The number of thiazole rings is 1. The third-order valence-electron chi connectivity index (χ3n) is 3.53. The van der Waals surface area contributed by atoms with Crippen molar-refractivity contribution in [3.8, 4) is 5.75 Å². The number of anilines is 1. The Morgan fingerprint density at radius 1 is 1.33 bits per heavy atom. The van der Waals surface area contributed by atoms with E-state index in [0.29, 0.717) is 16.8 Å². The lowest BCUT2D eigenvalue weighted by atomic mass is 10.2. The minimum Gasteiger partial charge on any atom is -0.487 e. The molecule has 0 bridgehead atoms. The van der Waals surface area contributed by atoms with Gasteiger partial charge in [-0.2, -0.15) is 0 Å². The zero-order valence-corrected chi connectivity index (χ0v) is 16.8. The fourth-order valence-corrected chi connectivity index (χ4v) is 3.21. The number of halogens is 2. The fourth-order valence-electron chi connectivity index (χ4n) is 2.28. The number of benzene rings is 2. The molecule has 4 nitrogen and oxygen atoms in total. The first kappa shape index (κ1) is 19.3. The molecule has 3 rings (SSSR count). The van der Waals surface area contributed by atoms with Crippen molar-refractivity contribution in [1.82, 2.24) is 4.98 Å². The molecule has 27 heavy (non-hydrogen) atoms. The van der Waals surface area contributed by atoms with Crippen LogP contribution >= 0.6 is 27.3 Å². The number of ether oxygens (including phenoxy) is 1. The van der Waals surface area contributed by atoms with Gasteiger partial charge in [-0.3, -0.25) is 4.79 Å². The zero-order chi connectivity index (χ0) is 19.2. The number of aryl methyl sites for hydroxylation is 1. The third kappa shape index (κ3) is 5.74. The quantitative estimate of drug-likeness (QED) is 0.502. The molecule has 0 atom stereocenters. The van der Waals surface area contributed by atoms with E-state index in [1.807, 2.05) is 36.6 Å². The van der Waals surface area contributed by atoms with Gasteiger partial charge in [-0.1, -0.05) is 28.1 Å². The Morgan fingerprint density at radius 2 is 2.19 bits per heavy atom. The number of amides is 1. The second-order valence-electron chi connectivity index (χ2n) is 5.67. The summed E-state index contributed by atoms with van der Waals surface area (Å²) in [6, 6.07) is 11.8. The molecule has 0 saturated heterocycles. The molecule has 0 aliphatic carbocycles. The Hall–Kier alpha value is -2.51. The summed E-state index contributed by atoms with van der Waals surface area (Å²) in [6.45, 7) is 2.34. The topological polar surface area (TPSA) is 51.2 Å². The van der Waals surface area contributed by atoms with Crippen LogP contribution in [0.4, 0.5) is 10.1 Å². The molecule has 138 valence electrons. The highest BCUT2D eigenvalue weighted by Gasteiger charge is 2.05. The first-order chi connectivity index (χ1) is 13.0. The first-order valence-electron chi connectivity index (χ1n) is 8.07. The fraction of sp³-hybridized carbons (Fsp3) is 0.100. The Labute approximate surface area is 168 Å². The van der Waals surface area contributed by atoms with Crippen LogP contribution in [-0.2, 0) is 11.4 Å². The standard InChI is InChI=1S/C20H16BrFN2O2S/c1-13-23-16(12-27-13)11-26-17-4-2-3-14(9-17)5-8-20(25)24-19-7-6-15(21)10-18(19)22/h2-10,12H,11H2,1H3,(H,24,25). The van der Waals surface area contributed by atoms with E-state index in [2.05, 4.69) is 26.2 Å². The minimum absolute atomic E-state index is 0.128. The van der Waals surface area contributed by atoms with Crippen molar-refractivity contribution in [2.45, 2.75) is 13.5 Å². The van der Waals surface area contributed by atoms with Gasteiger partial charge >= 0.3 is 0 Å². The predicted molar refractivity (Wildman–Crippen MR) is 109 cm³/mol. The second-order valence-corrected chi connectivity index (χ2v) is 7.64. The van der Waals surface area contributed by atoms with Crippen molar-refractivity contribution < 1.29 is 13.9 Å². The van der Waals surface area contributed by atoms with Gasteiger partial charge < -0.3 is 10.1 Å². The lowest BCUT2D eigenvalue weighted by Gasteiger charge is -2.05. The van der Waals surface area contributed by atoms with Gasteiger partial charge in [0.05, 0.1) is 16.4 Å². The van der Waals surface area contributed by atoms with Gasteiger partial charge in [-0.25, -0.2) is 9.37 Å². The molecule has 0 spiro atoms. The summed E-state index contributed by atoms with van der Waals surface area (Å²) in [5.41, 5.74) is 1.81. The molecular weight excluding hydrogens is 431 g/mol. The molecule has 0 aliphatic heterocycles. The average Bonchev–Trinajstić information content (AvgIpc) is 3.06. The van der Waals surface area contributed by atoms with Gasteiger partial charge in [0.1, 0.15) is 18.2 Å². The number of nitrogens with zero attached hydrogens (tertiary/aromatic N) is 1. The lowest BCUT2D eigenvalue weighted by molar-refractivity contribution is -0.111.